The predicted octanol–water partition coefficient (Wildman–Crippen LogP) is 8.71. The van der Waals surface area contributed by atoms with Gasteiger partial charge in [-0.25, -0.2) is 36.9 Å². The molecule has 5 fully saturated rings. The molecule has 51 heteroatoms. The van der Waals surface area contributed by atoms with Crippen LogP contribution in [-0.2, 0) is 72.5 Å². The van der Waals surface area contributed by atoms with E-state index in [-0.39, 0.29) is 235 Å². The van der Waals surface area contributed by atoms with Crippen LogP contribution in [0.25, 0.3) is 43.6 Å². The molecular weight excluding hydrogens is 2040 g/mol. The number of rotatable bonds is 9. The molecule has 14 rings (SSSR count). The van der Waals surface area contributed by atoms with E-state index >= 15 is 0 Å². The maximum absolute atomic E-state index is 14.4. The standard InChI is InChI=1S/C18H18F4N2O3.C16H14F4N2O2.C11H6ClF4NO.C10H4ClF4NO.C7H13NO2.C6H5ClFN.C6H7F3O3.C4H9O.CH3I.CH2O3.2K.Na.H/c1-25-13-10-14(18(20,21)22)23-16-12(3-2-11(19)15(13)16)24-6-4-17(5-7-24)26-8-9-27-17;1-24-12-8-13(16(18,19)20)21-15-11(3-2-10(17)14(12)15)22-6-4-9(23)5-7-22;1-18-7-4-8(11(14,15)16)17-10-5(12)2-3-6(13)9(7)10;11-4-1-2-5(12)8-6(17)3-7(10(13,14)15)16-9(4)8;1-3-8-4-2-7(1)9-5-6-10-7;7-5-2-1-4(8)3-6(5)9;1-2-12-5(11)3-4(10)6(7,8)9;1-4(2,3)5;1-2;2-1-4-3;;;;/h2-3,10H,4-9H2,1H3;2-3,8H,4-7H2,1H3;2-4H,1H3;1-3H,(H,16,17);8H,1-6H2;1-3H,9H2;2-3H2,1H3;1-3H3;1H3;1,3H;;;;/q;;;;;;;-1;;;3*+1;-1/p-1. The minimum Gasteiger partial charge on any atom is -1.00 e. The Balaban J connectivity index is 0.000000770. The summed E-state index contributed by atoms with van der Waals surface area (Å²) in [6.07, 6.45) is -21.1. The molecule has 131 heavy (non-hydrogen) atoms. The van der Waals surface area contributed by atoms with Crippen molar-refractivity contribution in [1.82, 2.24) is 25.3 Å². The molecule has 5 saturated heterocycles. The normalized spacial score (nSPS) is 14.9. The van der Waals surface area contributed by atoms with E-state index in [1.165, 1.54) is 63.6 Å². The number of piperidine rings is 3. The van der Waals surface area contributed by atoms with Crippen molar-refractivity contribution >= 4 is 142 Å². The van der Waals surface area contributed by atoms with Crippen molar-refractivity contribution in [2.24, 2.45) is 0 Å². The van der Waals surface area contributed by atoms with Crippen molar-refractivity contribution in [2.75, 3.05) is 114 Å². The summed E-state index contributed by atoms with van der Waals surface area (Å²) in [5.74, 6) is -8.03. The molecule has 5 aliphatic heterocycles. The van der Waals surface area contributed by atoms with Crippen molar-refractivity contribution in [3.05, 3.63) is 168 Å². The van der Waals surface area contributed by atoms with Gasteiger partial charge in [-0.2, -0.15) is 65.9 Å². The molecule has 0 aliphatic carbocycles. The number of methoxy groups -OCH3 is 3. The van der Waals surface area contributed by atoms with Crippen LogP contribution in [0.3, 0.4) is 0 Å². The van der Waals surface area contributed by atoms with Crippen LogP contribution in [0.1, 0.15) is 96.8 Å². The Morgan fingerprint density at radius 2 is 0.916 bits per heavy atom. The van der Waals surface area contributed by atoms with E-state index in [1.54, 1.807) is 25.7 Å². The topological polar surface area (TPSA) is 314 Å². The monoisotopic (exact) mass is 2120 g/mol. The number of Topliss-reactive ketones (excluding diaryl/α,β-unsaturated/α-hetero) is 2. The SMILES string of the molecule is C1CC2(CCN1)OCCO2.CC(C)(C)[O-].CCOC(=O)CC(=O)C(F)(F)F.CI.COc1cc(C(F)(F)F)nc2c(Cl)ccc(F)c12.COc1cc(C(F)(F)F)nc2c(N3CCC(=O)CC3)ccc(F)c12.COc1cc(C(F)(F)F)nc2c(N3CCC4(CC3)OCCO4)ccc(F)c12.Nc1cc(F)ccc1Cl.O=CO[O-].O=c1cc(C(F)(F)F)[nH]c2c(Cl)ccc(F)c12.[H-].[K+].[K+].[Na+]. The van der Waals surface area contributed by atoms with Gasteiger partial charge in [-0.05, 0) is 78.6 Å². The number of aromatic amines is 1. The van der Waals surface area contributed by atoms with Crippen LogP contribution < -0.4 is 183 Å². The molecule has 0 bridgehead atoms. The molecule has 0 radical (unpaired) electrons. The summed E-state index contributed by atoms with van der Waals surface area (Å²) < 4.78 is 298. The van der Waals surface area contributed by atoms with Gasteiger partial charge in [0.2, 0.25) is 5.78 Å². The third kappa shape index (κ3) is 36.9. The van der Waals surface area contributed by atoms with E-state index in [2.05, 4.69) is 52.5 Å². The van der Waals surface area contributed by atoms with Crippen LogP contribution >= 0.6 is 57.4 Å². The van der Waals surface area contributed by atoms with Gasteiger partial charge in [-0.15, -0.1) is 5.60 Å². The van der Waals surface area contributed by atoms with Crippen LogP contribution in [0.15, 0.2) is 95.8 Å². The molecule has 0 amide bonds. The molecule has 5 aromatic carbocycles. The number of esters is 1. The van der Waals surface area contributed by atoms with Gasteiger partial charge in [0.15, 0.2) is 17.0 Å². The van der Waals surface area contributed by atoms with E-state index in [9.17, 15) is 112 Å². The number of alkyl halides is 16. The summed E-state index contributed by atoms with van der Waals surface area (Å²) in [6.45, 7) is 12.5. The minimum atomic E-state index is -4.95. The number of nitrogen functional groups attached to an aromatic ring is 1. The number of carbonyl (C=O) groups is 4. The third-order valence-corrected chi connectivity index (χ3v) is 18.7. The minimum absolute atomic E-state index is 0. The molecule has 4 N–H and O–H groups in total. The molecule has 0 unspecified atom stereocenters. The van der Waals surface area contributed by atoms with Gasteiger partial charge in [0.05, 0.1) is 119 Å². The number of anilines is 3. The van der Waals surface area contributed by atoms with Crippen LogP contribution in [0.2, 0.25) is 15.1 Å². The number of nitrogens with two attached hydrogens (primary N) is 1. The van der Waals surface area contributed by atoms with Gasteiger partial charge in [-0.3, -0.25) is 24.0 Å². The van der Waals surface area contributed by atoms with Gasteiger partial charge in [0.25, 0.3) is 6.47 Å². The zero-order valence-electron chi connectivity index (χ0n) is 72.4. The van der Waals surface area contributed by atoms with Gasteiger partial charge in [0.1, 0.15) is 92.3 Å². The number of halogens is 24. The number of nitrogens with one attached hydrogen (secondary N) is 2. The van der Waals surface area contributed by atoms with Gasteiger partial charge < -0.3 is 80.4 Å². The average Bonchev–Trinajstić information content (AvgIpc) is 1.24. The second-order valence-electron chi connectivity index (χ2n) is 27.6. The number of benzene rings is 5. The molecular formula is C80H81Cl3F20IK2N8NaO16. The zero-order chi connectivity index (χ0) is 96.4. The fraction of sp³-hybridized carbons (Fsp3) is 0.425. The summed E-state index contributed by atoms with van der Waals surface area (Å²) in [4.78, 5) is 72.7. The number of fused-ring (bicyclic) bond motifs is 4. The van der Waals surface area contributed by atoms with Crippen molar-refractivity contribution in [3.63, 3.8) is 0 Å². The van der Waals surface area contributed by atoms with E-state index < -0.39 is 117 Å². The quantitative estimate of drug-likeness (QED) is 0.0116. The van der Waals surface area contributed by atoms with Crippen LogP contribution in [0.4, 0.5) is 105 Å². The maximum Gasteiger partial charge on any atom is 1.00 e. The Morgan fingerprint density at radius 1 is 0.557 bits per heavy atom. The Hall–Kier alpha value is -5.19. The second kappa shape index (κ2) is 54.8. The number of nitrogens with zero attached hydrogens (tertiary/aromatic N) is 5. The van der Waals surface area contributed by atoms with Crippen molar-refractivity contribution in [1.29, 1.82) is 0 Å². The molecule has 4 aromatic heterocycles. The molecule has 9 aromatic rings. The van der Waals surface area contributed by atoms with Crippen LogP contribution in [0.5, 0.6) is 17.2 Å². The molecule has 24 nitrogen and oxygen atoms in total. The van der Waals surface area contributed by atoms with Gasteiger partial charge in [0, 0.05) is 102 Å². The first-order valence-electron chi connectivity index (χ1n) is 37.2. The molecule has 708 valence electrons. The van der Waals surface area contributed by atoms with E-state index in [0.717, 1.165) is 76.6 Å². The number of ketones is 2. The largest absolute Gasteiger partial charge is 1.00 e. The number of hydrogen-bond donors (Lipinski definition) is 3. The number of H-pyrrole nitrogens is 1. The number of ether oxygens (including phenoxy) is 8. The number of hydrogen-bond acceptors (Lipinski definition) is 23. The van der Waals surface area contributed by atoms with Crippen LogP contribution in [-0.4, -0.2) is 166 Å². The second-order valence-corrected chi connectivity index (χ2v) is 28.9. The first-order valence-corrected chi connectivity index (χ1v) is 40.5. The molecule has 0 atom stereocenters. The Bertz CT molecular complexity index is 5310. The van der Waals surface area contributed by atoms with Gasteiger partial charge in [-0.1, -0.05) is 78.2 Å². The summed E-state index contributed by atoms with van der Waals surface area (Å²) >= 11 is 19.0. The summed E-state index contributed by atoms with van der Waals surface area (Å²) in [5, 5.41) is 21.2. The first-order chi connectivity index (χ1) is 59.7. The van der Waals surface area contributed by atoms with E-state index in [0.29, 0.717) is 99.7 Å². The fourth-order valence-electron chi connectivity index (χ4n) is 12.0. The predicted molar refractivity (Wildman–Crippen MR) is 435 cm³/mol. The smallest absolute Gasteiger partial charge is 1.00 e. The number of carbonyl (C=O) groups excluding carboxylic acids is 4. The third-order valence-electron chi connectivity index (χ3n) is 17.7. The summed E-state index contributed by atoms with van der Waals surface area (Å²) in [5.41, 5.74) is -1.01. The maximum atomic E-state index is 14.4. The van der Waals surface area contributed by atoms with Gasteiger partial charge >= 0.3 is 169 Å². The molecule has 0 saturated carbocycles. The molecule has 9 heterocycles. The Labute approximate surface area is 871 Å². The Morgan fingerprint density at radius 3 is 1.27 bits per heavy atom. The molecule has 5 aliphatic rings. The Kier molecular flexibility index (Phi) is 51.0. The summed E-state index contributed by atoms with van der Waals surface area (Å²) in [7, 11) is 3.54. The average molecular weight is 2120 g/mol. The van der Waals surface area contributed by atoms with Crippen molar-refractivity contribution < 1.29 is 294 Å². The van der Waals surface area contributed by atoms with Crippen LogP contribution in [0, 0.1) is 29.1 Å². The van der Waals surface area contributed by atoms with E-state index in [4.69, 9.17) is 83.7 Å². The molecule has 2 spiro atoms. The number of aromatic nitrogens is 4. The first kappa shape index (κ1) is 122. The summed E-state index contributed by atoms with van der Waals surface area (Å²) in [6, 6.07) is 15.7. The zero-order valence-corrected chi connectivity index (χ0v) is 84.1. The van der Waals surface area contributed by atoms with Crippen molar-refractivity contribution in [3.8, 4) is 17.2 Å². The van der Waals surface area contributed by atoms with E-state index in [1.807, 2.05) is 14.8 Å². The van der Waals surface area contributed by atoms with Crippen molar-refractivity contribution in [2.45, 2.75) is 121 Å². The fourth-order valence-corrected chi connectivity index (χ4v) is 12.6. The number of pyridine rings is 4.